The van der Waals surface area contributed by atoms with Gasteiger partial charge in [-0.15, -0.1) is 5.10 Å². The molecule has 0 aliphatic heterocycles. The molecule has 27 heavy (non-hydrogen) atoms. The number of carbonyl (C=O) groups excluding carboxylic acids is 1. The third-order valence-electron chi connectivity index (χ3n) is 4.09. The van der Waals surface area contributed by atoms with Crippen LogP contribution in [0.1, 0.15) is 33.3 Å². The molecule has 0 saturated heterocycles. The van der Waals surface area contributed by atoms with Gasteiger partial charge in [0.25, 0.3) is 17.2 Å². The van der Waals surface area contributed by atoms with E-state index in [4.69, 9.17) is 4.74 Å². The minimum absolute atomic E-state index is 0.0927. The van der Waals surface area contributed by atoms with Crippen LogP contribution in [0, 0.1) is 20.8 Å². The molecular formula is C18H16N6O3. The summed E-state index contributed by atoms with van der Waals surface area (Å²) in [4.78, 5) is 37.2. The normalized spacial score (nSPS) is 11.2. The molecule has 4 heterocycles. The number of ether oxygens (including phenoxy) is 1. The molecule has 0 fully saturated rings. The SMILES string of the molecule is Cc1cc(C)n2nc(C(=O)OCc3cc(=O)n4cccc(C)c4n3)nc2n1. The molecule has 0 amide bonds. The van der Waals surface area contributed by atoms with E-state index in [9.17, 15) is 9.59 Å². The largest absolute Gasteiger partial charge is 0.453 e. The van der Waals surface area contributed by atoms with Crippen LogP contribution in [0.3, 0.4) is 0 Å². The maximum Gasteiger partial charge on any atom is 0.378 e. The Labute approximate surface area is 153 Å². The van der Waals surface area contributed by atoms with Crippen LogP contribution < -0.4 is 5.56 Å². The summed E-state index contributed by atoms with van der Waals surface area (Å²) in [7, 11) is 0. The van der Waals surface area contributed by atoms with Crippen molar-refractivity contribution in [3.05, 3.63) is 69.3 Å². The maximum atomic E-state index is 12.3. The molecule has 0 radical (unpaired) electrons. The predicted octanol–water partition coefficient (Wildman–Crippen LogP) is 1.41. The highest BCUT2D eigenvalue weighted by atomic mass is 16.5. The van der Waals surface area contributed by atoms with Crippen LogP contribution >= 0.6 is 0 Å². The van der Waals surface area contributed by atoms with Gasteiger partial charge in [0.15, 0.2) is 0 Å². The number of nitrogens with zero attached hydrogens (tertiary/aromatic N) is 6. The van der Waals surface area contributed by atoms with Crippen LogP contribution in [0.15, 0.2) is 35.3 Å². The molecule has 4 aromatic rings. The molecule has 0 atom stereocenters. The van der Waals surface area contributed by atoms with Gasteiger partial charge in [-0.2, -0.15) is 4.98 Å². The van der Waals surface area contributed by atoms with Crippen molar-refractivity contribution in [2.24, 2.45) is 0 Å². The summed E-state index contributed by atoms with van der Waals surface area (Å²) in [6, 6.07) is 6.81. The molecule has 0 saturated carbocycles. The zero-order valence-corrected chi connectivity index (χ0v) is 15.0. The summed E-state index contributed by atoms with van der Waals surface area (Å²) >= 11 is 0. The van der Waals surface area contributed by atoms with E-state index in [1.54, 1.807) is 12.3 Å². The lowest BCUT2D eigenvalue weighted by atomic mass is 10.3. The minimum atomic E-state index is -0.704. The van der Waals surface area contributed by atoms with Crippen LogP contribution in [0.5, 0.6) is 0 Å². The number of aromatic nitrogens is 6. The van der Waals surface area contributed by atoms with Crippen LogP contribution in [0.25, 0.3) is 11.4 Å². The highest BCUT2D eigenvalue weighted by molar-refractivity contribution is 5.85. The van der Waals surface area contributed by atoms with Crippen molar-refractivity contribution < 1.29 is 9.53 Å². The fraction of sp³-hybridized carbons (Fsp3) is 0.222. The lowest BCUT2D eigenvalue weighted by Gasteiger charge is -2.06. The van der Waals surface area contributed by atoms with Crippen molar-refractivity contribution in [3.63, 3.8) is 0 Å². The molecule has 0 bridgehead atoms. The second-order valence-corrected chi connectivity index (χ2v) is 6.23. The second-order valence-electron chi connectivity index (χ2n) is 6.23. The number of aryl methyl sites for hydroxylation is 3. The fourth-order valence-electron chi connectivity index (χ4n) is 2.84. The van der Waals surface area contributed by atoms with Crippen LogP contribution in [-0.2, 0) is 11.3 Å². The summed E-state index contributed by atoms with van der Waals surface area (Å²) in [5.74, 6) is -0.466. The van der Waals surface area contributed by atoms with E-state index >= 15 is 0 Å². The standard InChI is InChI=1S/C18H16N6O3/c1-10-5-4-6-23-14(25)8-13(20-16(10)23)9-27-17(26)15-21-18-19-11(2)7-12(3)24(18)22-15/h4-8H,9H2,1-3H3. The predicted molar refractivity (Wildman–Crippen MR) is 95.6 cm³/mol. The van der Waals surface area contributed by atoms with E-state index in [0.717, 1.165) is 17.0 Å². The molecule has 4 rings (SSSR count). The van der Waals surface area contributed by atoms with Gasteiger partial charge in [-0.05, 0) is 38.5 Å². The van der Waals surface area contributed by atoms with E-state index in [0.29, 0.717) is 17.1 Å². The van der Waals surface area contributed by atoms with Gasteiger partial charge >= 0.3 is 5.97 Å². The van der Waals surface area contributed by atoms with Gasteiger partial charge in [-0.1, -0.05) is 6.07 Å². The Bertz CT molecular complexity index is 1260. The van der Waals surface area contributed by atoms with Crippen molar-refractivity contribution in [2.45, 2.75) is 27.4 Å². The highest BCUT2D eigenvalue weighted by Crippen LogP contribution is 2.09. The average molecular weight is 364 g/mol. The Kier molecular flexibility index (Phi) is 3.91. The van der Waals surface area contributed by atoms with Crippen molar-refractivity contribution in [3.8, 4) is 0 Å². The first-order chi connectivity index (χ1) is 12.9. The first kappa shape index (κ1) is 16.8. The highest BCUT2D eigenvalue weighted by Gasteiger charge is 2.17. The van der Waals surface area contributed by atoms with Gasteiger partial charge in [-0.25, -0.2) is 19.3 Å². The summed E-state index contributed by atoms with van der Waals surface area (Å²) in [5, 5.41) is 4.13. The molecule has 0 N–H and O–H groups in total. The first-order valence-corrected chi connectivity index (χ1v) is 8.28. The Hall–Kier alpha value is -3.62. The quantitative estimate of drug-likeness (QED) is 0.506. The van der Waals surface area contributed by atoms with Crippen LogP contribution in [0.4, 0.5) is 0 Å². The van der Waals surface area contributed by atoms with Gasteiger partial charge in [-0.3, -0.25) is 9.20 Å². The third kappa shape index (κ3) is 3.03. The first-order valence-electron chi connectivity index (χ1n) is 8.28. The van der Waals surface area contributed by atoms with Crippen LogP contribution in [0.2, 0.25) is 0 Å². The molecule has 9 heteroatoms. The Morgan fingerprint density at radius 2 is 1.96 bits per heavy atom. The topological polar surface area (TPSA) is 104 Å². The van der Waals surface area contributed by atoms with Gasteiger partial charge in [0, 0.05) is 23.7 Å². The minimum Gasteiger partial charge on any atom is -0.453 e. The van der Waals surface area contributed by atoms with E-state index < -0.39 is 5.97 Å². The molecule has 0 aliphatic rings. The van der Waals surface area contributed by atoms with Gasteiger partial charge < -0.3 is 4.74 Å². The monoisotopic (exact) mass is 364 g/mol. The number of esters is 1. The molecule has 0 aromatic carbocycles. The lowest BCUT2D eigenvalue weighted by Crippen LogP contribution is -2.17. The Balaban J connectivity index is 1.59. The van der Waals surface area contributed by atoms with E-state index in [1.165, 1.54) is 15.0 Å². The van der Waals surface area contributed by atoms with E-state index in [-0.39, 0.29) is 18.0 Å². The van der Waals surface area contributed by atoms with E-state index in [2.05, 4.69) is 20.1 Å². The lowest BCUT2D eigenvalue weighted by molar-refractivity contribution is 0.0453. The van der Waals surface area contributed by atoms with E-state index in [1.807, 2.05) is 32.9 Å². The molecular weight excluding hydrogens is 348 g/mol. The van der Waals surface area contributed by atoms with Gasteiger partial charge in [0.2, 0.25) is 0 Å². The third-order valence-corrected chi connectivity index (χ3v) is 4.09. The van der Waals surface area contributed by atoms with Crippen molar-refractivity contribution in [1.29, 1.82) is 0 Å². The number of hydrogen-bond acceptors (Lipinski definition) is 7. The average Bonchev–Trinajstić information content (AvgIpc) is 3.05. The van der Waals surface area contributed by atoms with Gasteiger partial charge in [0.1, 0.15) is 12.3 Å². The maximum absolute atomic E-state index is 12.3. The van der Waals surface area contributed by atoms with Gasteiger partial charge in [0.05, 0.1) is 5.69 Å². The smallest absolute Gasteiger partial charge is 0.378 e. The van der Waals surface area contributed by atoms with Crippen molar-refractivity contribution in [1.82, 2.24) is 29.0 Å². The molecule has 0 unspecified atom stereocenters. The fourth-order valence-corrected chi connectivity index (χ4v) is 2.84. The second kappa shape index (κ2) is 6.27. The zero-order chi connectivity index (χ0) is 19.1. The molecule has 4 aromatic heterocycles. The number of fused-ring (bicyclic) bond motifs is 2. The number of pyridine rings is 1. The number of rotatable bonds is 3. The Morgan fingerprint density at radius 1 is 1.15 bits per heavy atom. The summed E-state index contributed by atoms with van der Waals surface area (Å²) in [6.45, 7) is 5.39. The molecule has 9 nitrogen and oxygen atoms in total. The molecule has 136 valence electrons. The molecule has 0 aliphatic carbocycles. The van der Waals surface area contributed by atoms with Crippen molar-refractivity contribution in [2.75, 3.05) is 0 Å². The summed E-state index contributed by atoms with van der Waals surface area (Å²) in [5.41, 5.74) is 3.08. The van der Waals surface area contributed by atoms with Crippen molar-refractivity contribution >= 4 is 17.4 Å². The Morgan fingerprint density at radius 3 is 2.78 bits per heavy atom. The zero-order valence-electron chi connectivity index (χ0n) is 15.0. The molecule has 0 spiro atoms. The summed E-state index contributed by atoms with van der Waals surface area (Å²) in [6.07, 6.45) is 1.64. The number of carbonyl (C=O) groups is 1. The summed E-state index contributed by atoms with van der Waals surface area (Å²) < 4.78 is 8.17. The van der Waals surface area contributed by atoms with Crippen LogP contribution in [-0.4, -0.2) is 34.9 Å². The number of hydrogen-bond donors (Lipinski definition) is 0.